The van der Waals surface area contributed by atoms with Gasteiger partial charge < -0.3 is 28.4 Å². The van der Waals surface area contributed by atoms with E-state index in [2.05, 4.69) is 134 Å². The van der Waals surface area contributed by atoms with E-state index in [0.29, 0.717) is 117 Å². The first kappa shape index (κ1) is 114. The first-order chi connectivity index (χ1) is 63.8. The van der Waals surface area contributed by atoms with Gasteiger partial charge in [-0.05, 0) is 214 Å². The van der Waals surface area contributed by atoms with E-state index >= 15 is 0 Å². The zero-order valence-electron chi connectivity index (χ0n) is 77.7. The Morgan fingerprint density at radius 3 is 0.932 bits per heavy atom. The van der Waals surface area contributed by atoms with Gasteiger partial charge in [-0.15, -0.1) is 0 Å². The second-order valence-electron chi connectivity index (χ2n) is 32.5. The van der Waals surface area contributed by atoms with Crippen LogP contribution in [0.15, 0.2) is 263 Å². The SMILES string of the molecule is CCOC(=O)C(C)CC(=O)c1ccc(Br)cc1.CCOC(=O)C(CC(=O)c1ccc(Br)cc1)Cc1ccccc1.CCOC(=O)C(CCC(=O)c1ccc(Br)cc1)CC(C)C.CCOC(=O)C(CCCc1ccccc1)CC(=O)c1ccc(Br)cc1.CCOC(=O)C(CCCc1ccccc1)CCC(=O)c1ccc(Br)cc1.CCOC(=O)C1(CC(=O)c2ccc(Br)cc2)CCCCC1. The number of esters is 6. The third-order valence-electron chi connectivity index (χ3n) is 21.8. The Kier molecular flexibility index (Phi) is 55.5. The molecule has 5 unspecified atom stereocenters. The molecule has 0 aromatic heterocycles. The molecular formula is C109H126Br6O18. The van der Waals surface area contributed by atoms with E-state index in [9.17, 15) is 57.5 Å². The van der Waals surface area contributed by atoms with Crippen LogP contribution in [-0.2, 0) is 76.5 Å². The van der Waals surface area contributed by atoms with Gasteiger partial charge in [0.1, 0.15) is 0 Å². The van der Waals surface area contributed by atoms with Crippen molar-refractivity contribution in [3.05, 3.63) is 313 Å². The second kappa shape index (κ2) is 64.6. The number of Topliss-reactive ketones (excluding diaryl/α,β-unsaturated/α-hetero) is 6. The third kappa shape index (κ3) is 44.8. The average Bonchev–Trinajstić information content (AvgIpc) is 0.804. The van der Waals surface area contributed by atoms with Gasteiger partial charge in [0.2, 0.25) is 0 Å². The number of ether oxygens (including phenoxy) is 6. The molecule has 9 aromatic carbocycles. The molecule has 0 amide bonds. The normalized spacial score (nSPS) is 12.7. The fraction of sp³-hybridized carbons (Fsp3) is 0.394. The van der Waals surface area contributed by atoms with Gasteiger partial charge in [-0.2, -0.15) is 0 Å². The van der Waals surface area contributed by atoms with Crippen LogP contribution in [0, 0.1) is 40.9 Å². The predicted molar refractivity (Wildman–Crippen MR) is 545 cm³/mol. The Balaban J connectivity index is 0.000000284. The van der Waals surface area contributed by atoms with Crippen LogP contribution in [0.2, 0.25) is 0 Å². The van der Waals surface area contributed by atoms with Crippen LogP contribution in [0.25, 0.3) is 0 Å². The maximum absolute atomic E-state index is 12.5. The largest absolute Gasteiger partial charge is 0.466 e. The van der Waals surface area contributed by atoms with Gasteiger partial charge in [-0.3, -0.25) is 57.5 Å². The van der Waals surface area contributed by atoms with Crippen molar-refractivity contribution in [2.45, 2.75) is 197 Å². The number of rotatable bonds is 44. The fourth-order valence-electron chi connectivity index (χ4n) is 14.7. The highest BCUT2D eigenvalue weighted by atomic mass is 79.9. The van der Waals surface area contributed by atoms with Gasteiger partial charge in [0, 0.05) is 98.7 Å². The van der Waals surface area contributed by atoms with Crippen LogP contribution in [-0.4, -0.2) is 110 Å². The zero-order valence-corrected chi connectivity index (χ0v) is 87.2. The lowest BCUT2D eigenvalue weighted by molar-refractivity contribution is -0.157. The smallest absolute Gasteiger partial charge is 0.312 e. The van der Waals surface area contributed by atoms with Crippen molar-refractivity contribution in [1.82, 2.24) is 0 Å². The molecular weight excluding hydrogens is 2080 g/mol. The molecule has 133 heavy (non-hydrogen) atoms. The fourth-order valence-corrected chi connectivity index (χ4v) is 16.3. The van der Waals surface area contributed by atoms with Crippen LogP contribution < -0.4 is 0 Å². The van der Waals surface area contributed by atoms with Gasteiger partial charge in [0.05, 0.1) is 74.6 Å². The van der Waals surface area contributed by atoms with Gasteiger partial charge in [0.15, 0.2) is 34.7 Å². The van der Waals surface area contributed by atoms with E-state index in [4.69, 9.17) is 28.4 Å². The molecule has 24 heteroatoms. The summed E-state index contributed by atoms with van der Waals surface area (Å²) in [6.07, 6.45) is 13.4. The molecule has 712 valence electrons. The standard InChI is InChI=1S/C22H25BrO3.C21H23BrO3.C19H19BrO3.C17H21BrO3.C17H23BrO3.C13H15BrO3/c1-2-26-22(25)19(10-6-9-17-7-4-3-5-8-17)13-16-21(24)18-11-14-20(23)15-12-18;1-2-25-21(24)18(10-6-9-16-7-4-3-5-8-16)15-20(23)17-11-13-19(22)14-12-17;1-2-23-19(22)16(12-14-6-4-3-5-7-14)13-18(21)15-8-10-17(20)11-9-15;1-2-21-16(20)17(10-4-3-5-11-17)12-15(19)13-6-8-14(18)9-7-13;1-4-21-17(20)14(11-12(2)3)7-10-16(19)13-5-8-15(18)9-6-13;1-3-17-13(16)9(2)8-12(15)10-4-6-11(14)7-5-10/h3-5,7-8,11-12,14-15,19H,2,6,9-10,13,16H2,1H3;3-5,7-8,11-14,18H,2,6,9-10,15H2,1H3;3-11,16H,2,12-13H2,1H3;6-9H,2-5,10-12H2,1H3;5-6,8-9,12,14H,4,7,10-11H2,1-3H3;4-7,9H,3,8H2,1-2H3. The van der Waals surface area contributed by atoms with Crippen molar-refractivity contribution in [1.29, 1.82) is 0 Å². The molecule has 0 N–H and O–H groups in total. The number of hydrogen-bond donors (Lipinski definition) is 0. The molecule has 0 saturated heterocycles. The molecule has 0 radical (unpaired) electrons. The number of carbonyl (C=O) groups is 12. The lowest BCUT2D eigenvalue weighted by Gasteiger charge is -2.34. The summed E-state index contributed by atoms with van der Waals surface area (Å²) in [5, 5.41) is 0. The maximum Gasteiger partial charge on any atom is 0.312 e. The van der Waals surface area contributed by atoms with Crippen LogP contribution >= 0.6 is 95.6 Å². The van der Waals surface area contributed by atoms with E-state index < -0.39 is 17.3 Å². The minimum absolute atomic E-state index is 0.0229. The van der Waals surface area contributed by atoms with Crippen LogP contribution in [0.4, 0.5) is 0 Å². The molecule has 1 aliphatic carbocycles. The van der Waals surface area contributed by atoms with E-state index in [0.717, 1.165) is 103 Å². The minimum atomic E-state index is -0.613. The van der Waals surface area contributed by atoms with E-state index in [1.165, 1.54) is 11.1 Å². The first-order valence-electron chi connectivity index (χ1n) is 45.7. The van der Waals surface area contributed by atoms with Gasteiger partial charge in [-0.1, -0.05) is 299 Å². The van der Waals surface area contributed by atoms with Crippen molar-refractivity contribution in [2.24, 2.45) is 40.9 Å². The van der Waals surface area contributed by atoms with Gasteiger partial charge >= 0.3 is 35.8 Å². The highest BCUT2D eigenvalue weighted by Crippen LogP contribution is 2.42. The first-order valence-corrected chi connectivity index (χ1v) is 50.5. The summed E-state index contributed by atoms with van der Waals surface area (Å²) in [6.45, 7) is 18.7. The molecule has 10 rings (SSSR count). The summed E-state index contributed by atoms with van der Waals surface area (Å²) in [6, 6.07) is 73.5. The number of aryl methyl sites for hydroxylation is 2. The second-order valence-corrected chi connectivity index (χ2v) is 38.0. The summed E-state index contributed by atoms with van der Waals surface area (Å²) < 4.78 is 36.3. The van der Waals surface area contributed by atoms with E-state index in [1.54, 1.807) is 107 Å². The van der Waals surface area contributed by atoms with Crippen molar-refractivity contribution in [3.63, 3.8) is 0 Å². The molecule has 0 heterocycles. The molecule has 0 spiro atoms. The monoisotopic (exact) mass is 2200 g/mol. The molecule has 1 saturated carbocycles. The maximum atomic E-state index is 12.5. The Labute approximate surface area is 836 Å². The van der Waals surface area contributed by atoms with E-state index in [-0.39, 0.29) is 114 Å². The number of ketones is 6. The minimum Gasteiger partial charge on any atom is -0.466 e. The lowest BCUT2D eigenvalue weighted by atomic mass is 9.70. The average molecular weight is 2200 g/mol. The molecule has 1 fully saturated rings. The van der Waals surface area contributed by atoms with Crippen LogP contribution in [0.3, 0.4) is 0 Å². The summed E-state index contributed by atoms with van der Waals surface area (Å²) >= 11 is 20.1. The van der Waals surface area contributed by atoms with Crippen molar-refractivity contribution < 1.29 is 86.0 Å². The van der Waals surface area contributed by atoms with Crippen molar-refractivity contribution >= 4 is 166 Å². The van der Waals surface area contributed by atoms with E-state index in [1.807, 2.05) is 153 Å². The molecule has 9 aromatic rings. The third-order valence-corrected chi connectivity index (χ3v) is 25.0. The van der Waals surface area contributed by atoms with Crippen LogP contribution in [0.5, 0.6) is 0 Å². The topological polar surface area (TPSA) is 260 Å². The molecule has 0 aliphatic heterocycles. The molecule has 1 aliphatic rings. The highest BCUT2D eigenvalue weighted by Gasteiger charge is 2.43. The lowest BCUT2D eigenvalue weighted by Crippen LogP contribution is -2.37. The number of carbonyl (C=O) groups excluding carboxylic acids is 12. The summed E-state index contributed by atoms with van der Waals surface area (Å²) in [5.41, 5.74) is 6.79. The number of benzene rings is 9. The van der Waals surface area contributed by atoms with Gasteiger partial charge in [0.25, 0.3) is 0 Å². The Morgan fingerprint density at radius 2 is 0.579 bits per heavy atom. The number of halogens is 6. The Morgan fingerprint density at radius 1 is 0.293 bits per heavy atom. The predicted octanol–water partition coefficient (Wildman–Crippen LogP) is 27.7. The Bertz CT molecular complexity index is 5010. The van der Waals surface area contributed by atoms with Crippen molar-refractivity contribution in [2.75, 3.05) is 39.6 Å². The molecule has 18 nitrogen and oxygen atoms in total. The summed E-state index contributed by atoms with van der Waals surface area (Å²) in [5.74, 6) is -2.71. The number of hydrogen-bond acceptors (Lipinski definition) is 18. The molecule has 0 bridgehead atoms. The zero-order chi connectivity index (χ0) is 97.5. The summed E-state index contributed by atoms with van der Waals surface area (Å²) in [7, 11) is 0. The van der Waals surface area contributed by atoms with Gasteiger partial charge in [-0.25, -0.2) is 0 Å². The van der Waals surface area contributed by atoms with Crippen molar-refractivity contribution in [3.8, 4) is 0 Å². The molecule has 5 atom stereocenters. The Hall–Kier alpha value is -9.30. The highest BCUT2D eigenvalue weighted by molar-refractivity contribution is 9.11. The van der Waals surface area contributed by atoms with Crippen LogP contribution in [0.1, 0.15) is 257 Å². The summed E-state index contributed by atoms with van der Waals surface area (Å²) in [4.78, 5) is 146. The quantitative estimate of drug-likeness (QED) is 0.0195.